The summed E-state index contributed by atoms with van der Waals surface area (Å²) in [5.41, 5.74) is 6.18. The molecule has 1 unspecified atom stereocenters. The van der Waals surface area contributed by atoms with E-state index in [-0.39, 0.29) is 11.9 Å². The van der Waals surface area contributed by atoms with Crippen LogP contribution in [-0.4, -0.2) is 25.5 Å². The van der Waals surface area contributed by atoms with Crippen LogP contribution in [-0.2, 0) is 12.2 Å². The molecule has 0 spiro atoms. The standard InChI is InChI=1S/C25H25N5OS/c1-16-14-17(2)30-24(26-16)28-25(29-30)32-15-19-9-4-6-12-21(19)23(31)27-22-13-7-10-18-8-3-5-11-20(18)22/h3-6,8-9,11-12,14,22H,7,10,13,15H2,1-2H3,(H,27,31). The third-order valence-corrected chi connectivity index (χ3v) is 6.78. The van der Waals surface area contributed by atoms with Crippen LogP contribution in [0.25, 0.3) is 5.78 Å². The van der Waals surface area contributed by atoms with Gasteiger partial charge in [-0.15, -0.1) is 5.10 Å². The lowest BCUT2D eigenvalue weighted by Gasteiger charge is -2.26. The Bertz CT molecular complexity index is 1300. The summed E-state index contributed by atoms with van der Waals surface area (Å²) < 4.78 is 1.76. The highest BCUT2D eigenvalue weighted by Gasteiger charge is 2.23. The number of amides is 1. The zero-order chi connectivity index (χ0) is 22.1. The van der Waals surface area contributed by atoms with E-state index in [0.29, 0.717) is 22.3 Å². The molecule has 0 saturated carbocycles. The molecule has 0 radical (unpaired) electrons. The van der Waals surface area contributed by atoms with Crippen LogP contribution in [0.1, 0.15) is 57.3 Å². The average Bonchev–Trinajstić information content (AvgIpc) is 3.21. The van der Waals surface area contributed by atoms with E-state index in [2.05, 4.69) is 38.6 Å². The van der Waals surface area contributed by atoms with Gasteiger partial charge in [0.05, 0.1) is 6.04 Å². The summed E-state index contributed by atoms with van der Waals surface area (Å²) >= 11 is 1.52. The number of carbonyl (C=O) groups excluding carboxylic acids is 1. The molecule has 2 heterocycles. The quantitative estimate of drug-likeness (QED) is 0.447. The van der Waals surface area contributed by atoms with E-state index < -0.39 is 0 Å². The minimum Gasteiger partial charge on any atom is -0.345 e. The highest BCUT2D eigenvalue weighted by Crippen LogP contribution is 2.30. The molecule has 6 nitrogen and oxygen atoms in total. The molecule has 1 N–H and O–H groups in total. The maximum Gasteiger partial charge on any atom is 0.253 e. The smallest absolute Gasteiger partial charge is 0.253 e. The molecule has 2 aromatic carbocycles. The van der Waals surface area contributed by atoms with E-state index in [1.807, 2.05) is 50.2 Å². The molecule has 5 rings (SSSR count). The van der Waals surface area contributed by atoms with Crippen LogP contribution in [0.5, 0.6) is 0 Å². The van der Waals surface area contributed by atoms with Crippen molar-refractivity contribution in [1.82, 2.24) is 24.9 Å². The second-order valence-corrected chi connectivity index (χ2v) is 9.15. The van der Waals surface area contributed by atoms with Crippen molar-refractivity contribution >= 4 is 23.4 Å². The number of carbonyl (C=O) groups is 1. The second kappa shape index (κ2) is 8.74. The van der Waals surface area contributed by atoms with Gasteiger partial charge >= 0.3 is 0 Å². The van der Waals surface area contributed by atoms with Gasteiger partial charge < -0.3 is 5.32 Å². The van der Waals surface area contributed by atoms with Crippen LogP contribution >= 0.6 is 11.8 Å². The number of nitrogens with one attached hydrogen (secondary N) is 1. The van der Waals surface area contributed by atoms with Crippen molar-refractivity contribution in [3.05, 3.63) is 88.2 Å². The van der Waals surface area contributed by atoms with Gasteiger partial charge in [-0.3, -0.25) is 4.79 Å². The summed E-state index contributed by atoms with van der Waals surface area (Å²) in [5, 5.41) is 8.49. The van der Waals surface area contributed by atoms with E-state index >= 15 is 0 Å². The van der Waals surface area contributed by atoms with Crippen molar-refractivity contribution in [1.29, 1.82) is 0 Å². The van der Waals surface area contributed by atoms with Crippen LogP contribution < -0.4 is 5.32 Å². The van der Waals surface area contributed by atoms with Crippen LogP contribution in [0.4, 0.5) is 0 Å². The van der Waals surface area contributed by atoms with Crippen LogP contribution in [0.2, 0.25) is 0 Å². The van der Waals surface area contributed by atoms with Gasteiger partial charge in [0.2, 0.25) is 5.16 Å². The maximum atomic E-state index is 13.2. The molecular weight excluding hydrogens is 418 g/mol. The first-order valence-electron chi connectivity index (χ1n) is 10.9. The lowest BCUT2D eigenvalue weighted by Crippen LogP contribution is -2.31. The normalized spacial score (nSPS) is 15.5. The lowest BCUT2D eigenvalue weighted by molar-refractivity contribution is 0.0932. The Balaban J connectivity index is 1.33. The first-order chi connectivity index (χ1) is 15.6. The van der Waals surface area contributed by atoms with Crippen molar-refractivity contribution in [3.63, 3.8) is 0 Å². The van der Waals surface area contributed by atoms with Gasteiger partial charge in [-0.1, -0.05) is 54.2 Å². The molecule has 1 aliphatic carbocycles. The van der Waals surface area contributed by atoms with Gasteiger partial charge in [0.1, 0.15) is 0 Å². The molecule has 0 aliphatic heterocycles. The third kappa shape index (κ3) is 4.12. The molecule has 1 aliphatic rings. The number of hydrogen-bond donors (Lipinski definition) is 1. The van der Waals surface area contributed by atoms with Gasteiger partial charge in [0.15, 0.2) is 0 Å². The summed E-state index contributed by atoms with van der Waals surface area (Å²) in [4.78, 5) is 22.2. The van der Waals surface area contributed by atoms with Gasteiger partial charge in [-0.25, -0.2) is 9.50 Å². The number of benzene rings is 2. The van der Waals surface area contributed by atoms with E-state index in [1.54, 1.807) is 4.52 Å². The van der Waals surface area contributed by atoms with Gasteiger partial charge in [-0.2, -0.15) is 4.98 Å². The first kappa shape index (κ1) is 20.7. The summed E-state index contributed by atoms with van der Waals surface area (Å²) in [6.45, 7) is 3.95. The minimum atomic E-state index is -0.0287. The number of thioether (sulfide) groups is 1. The van der Waals surface area contributed by atoms with Crippen LogP contribution in [0.15, 0.2) is 59.8 Å². The lowest BCUT2D eigenvalue weighted by atomic mass is 9.87. The second-order valence-electron chi connectivity index (χ2n) is 8.21. The Labute approximate surface area is 191 Å². The Morgan fingerprint density at radius 3 is 2.84 bits per heavy atom. The fraction of sp³-hybridized carbons (Fsp3) is 0.280. The molecule has 1 atom stereocenters. The van der Waals surface area contributed by atoms with Crippen molar-refractivity contribution in [3.8, 4) is 0 Å². The predicted molar refractivity (Wildman–Crippen MR) is 126 cm³/mol. The molecule has 7 heteroatoms. The Hall–Kier alpha value is -3.19. The number of aromatic nitrogens is 4. The zero-order valence-corrected chi connectivity index (χ0v) is 19.0. The van der Waals surface area contributed by atoms with Gasteiger partial charge in [-0.05, 0) is 61.9 Å². The Morgan fingerprint density at radius 1 is 1.12 bits per heavy atom. The molecule has 0 bridgehead atoms. The molecule has 2 aromatic heterocycles. The summed E-state index contributed by atoms with van der Waals surface area (Å²) in [6.07, 6.45) is 3.14. The molecule has 1 amide bonds. The van der Waals surface area contributed by atoms with Crippen molar-refractivity contribution in [2.75, 3.05) is 0 Å². The maximum absolute atomic E-state index is 13.2. The highest BCUT2D eigenvalue weighted by atomic mass is 32.2. The number of nitrogens with zero attached hydrogens (tertiary/aromatic N) is 4. The molecule has 0 fully saturated rings. The predicted octanol–water partition coefficient (Wildman–Crippen LogP) is 4.84. The topological polar surface area (TPSA) is 72.2 Å². The largest absolute Gasteiger partial charge is 0.345 e. The van der Waals surface area contributed by atoms with E-state index in [4.69, 9.17) is 0 Å². The number of hydrogen-bond acceptors (Lipinski definition) is 5. The summed E-state index contributed by atoms with van der Waals surface area (Å²) in [5.74, 6) is 1.19. The highest BCUT2D eigenvalue weighted by molar-refractivity contribution is 7.98. The van der Waals surface area contributed by atoms with E-state index in [1.165, 1.54) is 22.9 Å². The van der Waals surface area contributed by atoms with Gasteiger partial charge in [0.25, 0.3) is 11.7 Å². The van der Waals surface area contributed by atoms with Crippen LogP contribution in [0.3, 0.4) is 0 Å². The monoisotopic (exact) mass is 443 g/mol. The fourth-order valence-electron chi connectivity index (χ4n) is 4.36. The minimum absolute atomic E-state index is 0.0287. The number of rotatable bonds is 5. The van der Waals surface area contributed by atoms with Crippen molar-refractivity contribution in [2.45, 2.75) is 50.1 Å². The van der Waals surface area contributed by atoms with E-state index in [0.717, 1.165) is 36.2 Å². The Morgan fingerprint density at radius 2 is 1.94 bits per heavy atom. The van der Waals surface area contributed by atoms with E-state index in [9.17, 15) is 4.79 Å². The first-order valence-corrected chi connectivity index (χ1v) is 11.9. The average molecular weight is 444 g/mol. The number of aryl methyl sites for hydroxylation is 3. The third-order valence-electron chi connectivity index (χ3n) is 5.89. The van der Waals surface area contributed by atoms with Gasteiger partial charge in [0, 0.05) is 22.7 Å². The molecule has 32 heavy (non-hydrogen) atoms. The fourth-order valence-corrected chi connectivity index (χ4v) is 5.18. The SMILES string of the molecule is Cc1cc(C)n2nc(SCc3ccccc3C(=O)NC3CCCc4ccccc43)nc2n1. The molecular formula is C25H25N5OS. The zero-order valence-electron chi connectivity index (χ0n) is 18.2. The number of fused-ring (bicyclic) bond motifs is 2. The van der Waals surface area contributed by atoms with Crippen molar-refractivity contribution < 1.29 is 4.79 Å². The summed E-state index contributed by atoms with van der Waals surface area (Å²) in [6, 6.07) is 18.2. The molecule has 0 saturated heterocycles. The van der Waals surface area contributed by atoms with Crippen LogP contribution in [0, 0.1) is 13.8 Å². The summed E-state index contributed by atoms with van der Waals surface area (Å²) in [7, 11) is 0. The Kier molecular flexibility index (Phi) is 5.66. The molecule has 4 aromatic rings. The molecule has 162 valence electrons. The van der Waals surface area contributed by atoms with Crippen molar-refractivity contribution in [2.24, 2.45) is 0 Å².